The van der Waals surface area contributed by atoms with Gasteiger partial charge in [0, 0.05) is 5.56 Å². The summed E-state index contributed by atoms with van der Waals surface area (Å²) in [5.74, 6) is -2.64. The fraction of sp³-hybridized carbons (Fsp3) is 0.111. The van der Waals surface area contributed by atoms with Crippen LogP contribution in [0.15, 0.2) is 27.4 Å². The zero-order chi connectivity index (χ0) is 12.6. The van der Waals surface area contributed by atoms with E-state index in [4.69, 9.17) is 0 Å². The lowest BCUT2D eigenvalue weighted by molar-refractivity contribution is -0.139. The molecule has 2 aromatic rings. The summed E-state index contributed by atoms with van der Waals surface area (Å²) < 4.78 is 54.6. The Morgan fingerprint density at radius 1 is 1.29 bits per heavy atom. The number of halogens is 4. The van der Waals surface area contributed by atoms with E-state index in [1.807, 2.05) is 5.10 Å². The van der Waals surface area contributed by atoms with Crippen molar-refractivity contribution < 1.29 is 22.0 Å². The number of nitrogens with zero attached hydrogens (tertiary/aromatic N) is 1. The minimum atomic E-state index is -4.82. The summed E-state index contributed by atoms with van der Waals surface area (Å²) in [6.45, 7) is 0. The number of nitrogens with one attached hydrogen (secondary N) is 1. The van der Waals surface area contributed by atoms with Gasteiger partial charge in [-0.05, 0) is 18.2 Å². The maximum absolute atomic E-state index is 12.9. The molecule has 0 saturated heterocycles. The number of aromatic amines is 1. The third-order valence-corrected chi connectivity index (χ3v) is 1.96. The minimum Gasteiger partial charge on any atom is -0.388 e. The van der Waals surface area contributed by atoms with Crippen LogP contribution in [0.5, 0.6) is 0 Å². The van der Waals surface area contributed by atoms with Crippen LogP contribution in [0.1, 0.15) is 5.56 Å². The smallest absolute Gasteiger partial charge is 0.388 e. The van der Waals surface area contributed by atoms with Gasteiger partial charge >= 0.3 is 11.9 Å². The average molecular weight is 248 g/mol. The largest absolute Gasteiger partial charge is 0.434 e. The highest BCUT2D eigenvalue weighted by Gasteiger charge is 2.34. The first-order chi connectivity index (χ1) is 7.88. The number of hydrogen-bond donors (Lipinski definition) is 1. The second kappa shape index (κ2) is 3.72. The molecule has 2 rings (SSSR count). The maximum Gasteiger partial charge on any atom is 0.434 e. The zero-order valence-electron chi connectivity index (χ0n) is 8.01. The summed E-state index contributed by atoms with van der Waals surface area (Å²) in [7, 11) is 0. The van der Waals surface area contributed by atoms with Crippen LogP contribution in [0.25, 0.3) is 11.5 Å². The quantitative estimate of drug-likeness (QED) is 0.787. The summed E-state index contributed by atoms with van der Waals surface area (Å²) >= 11 is 0. The molecule has 0 aliphatic rings. The summed E-state index contributed by atoms with van der Waals surface area (Å²) in [4.78, 5) is 10.6. The molecule has 0 spiro atoms. The fourth-order valence-corrected chi connectivity index (χ4v) is 1.23. The van der Waals surface area contributed by atoms with E-state index < -0.39 is 23.3 Å². The Labute approximate surface area is 90.9 Å². The molecule has 0 unspecified atom stereocenters. The van der Waals surface area contributed by atoms with Crippen LogP contribution < -0.4 is 5.76 Å². The lowest BCUT2D eigenvalue weighted by Gasteiger charge is -2.08. The van der Waals surface area contributed by atoms with Gasteiger partial charge in [-0.25, -0.2) is 14.3 Å². The molecule has 90 valence electrons. The summed E-state index contributed by atoms with van der Waals surface area (Å²) in [6, 6.07) is 2.19. The summed E-state index contributed by atoms with van der Waals surface area (Å²) in [5, 5.41) is 5.24. The molecule has 0 radical (unpaired) electrons. The molecule has 1 heterocycles. The third kappa shape index (κ3) is 2.19. The van der Waals surface area contributed by atoms with Gasteiger partial charge in [0.25, 0.3) is 0 Å². The molecule has 1 aromatic heterocycles. The van der Waals surface area contributed by atoms with E-state index in [0.717, 1.165) is 6.07 Å². The standard InChI is InChI=1S/C9H4F4N2O2/c10-6-2-1-4(3-5(6)9(11,12)13)7-14-15-8(16)17-7/h1-3H,(H,15,16). The van der Waals surface area contributed by atoms with E-state index in [1.165, 1.54) is 0 Å². The van der Waals surface area contributed by atoms with Crippen molar-refractivity contribution in [2.45, 2.75) is 6.18 Å². The molecule has 8 heteroatoms. The molecule has 0 bridgehead atoms. The van der Waals surface area contributed by atoms with Crippen LogP contribution in [0, 0.1) is 5.82 Å². The maximum atomic E-state index is 12.9. The van der Waals surface area contributed by atoms with Crippen LogP contribution in [-0.4, -0.2) is 10.2 Å². The number of aromatic nitrogens is 2. The molecule has 0 fully saturated rings. The number of benzene rings is 1. The van der Waals surface area contributed by atoms with E-state index in [0.29, 0.717) is 12.1 Å². The molecule has 0 aliphatic carbocycles. The van der Waals surface area contributed by atoms with Crippen molar-refractivity contribution in [3.63, 3.8) is 0 Å². The molecule has 17 heavy (non-hydrogen) atoms. The van der Waals surface area contributed by atoms with E-state index in [-0.39, 0.29) is 11.5 Å². The molecule has 0 saturated carbocycles. The van der Waals surface area contributed by atoms with Crippen molar-refractivity contribution in [2.75, 3.05) is 0 Å². The SMILES string of the molecule is O=c1[nH]nc(-c2ccc(F)c(C(F)(F)F)c2)o1. The van der Waals surface area contributed by atoms with E-state index in [2.05, 4.69) is 9.52 Å². The van der Waals surface area contributed by atoms with Crippen molar-refractivity contribution in [1.82, 2.24) is 10.2 Å². The van der Waals surface area contributed by atoms with Gasteiger partial charge in [-0.1, -0.05) is 0 Å². The fourth-order valence-electron chi connectivity index (χ4n) is 1.23. The molecule has 0 amide bonds. The molecule has 1 aromatic carbocycles. The van der Waals surface area contributed by atoms with E-state index in [9.17, 15) is 22.4 Å². The highest BCUT2D eigenvalue weighted by atomic mass is 19.4. The minimum absolute atomic E-state index is 0.142. The van der Waals surface area contributed by atoms with Crippen LogP contribution in [0.4, 0.5) is 17.6 Å². The lowest BCUT2D eigenvalue weighted by atomic mass is 10.1. The first-order valence-electron chi connectivity index (χ1n) is 4.30. The summed E-state index contributed by atoms with van der Waals surface area (Å²) in [5.41, 5.74) is -1.59. The Balaban J connectivity index is 2.55. The third-order valence-electron chi connectivity index (χ3n) is 1.96. The van der Waals surface area contributed by atoms with Gasteiger partial charge in [0.2, 0.25) is 5.89 Å². The van der Waals surface area contributed by atoms with Gasteiger partial charge in [0.1, 0.15) is 5.82 Å². The second-order valence-electron chi connectivity index (χ2n) is 3.11. The van der Waals surface area contributed by atoms with Crippen molar-refractivity contribution in [2.24, 2.45) is 0 Å². The second-order valence-corrected chi connectivity index (χ2v) is 3.11. The first kappa shape index (κ1) is 11.4. The normalized spacial score (nSPS) is 11.8. The Bertz CT molecular complexity index is 600. The van der Waals surface area contributed by atoms with Crippen LogP contribution >= 0.6 is 0 Å². The van der Waals surface area contributed by atoms with Crippen molar-refractivity contribution >= 4 is 0 Å². The Morgan fingerprint density at radius 3 is 2.53 bits per heavy atom. The topological polar surface area (TPSA) is 58.9 Å². The highest BCUT2D eigenvalue weighted by molar-refractivity contribution is 5.54. The molecular weight excluding hydrogens is 244 g/mol. The van der Waals surface area contributed by atoms with E-state index >= 15 is 0 Å². The number of rotatable bonds is 1. The number of alkyl halides is 3. The monoisotopic (exact) mass is 248 g/mol. The van der Waals surface area contributed by atoms with Gasteiger partial charge in [0.05, 0.1) is 5.56 Å². The predicted octanol–water partition coefficient (Wildman–Crippen LogP) is 2.19. The van der Waals surface area contributed by atoms with E-state index in [1.54, 1.807) is 0 Å². The van der Waals surface area contributed by atoms with Crippen LogP contribution in [0.3, 0.4) is 0 Å². The Kier molecular flexibility index (Phi) is 2.49. The lowest BCUT2D eigenvalue weighted by Crippen LogP contribution is -2.08. The predicted molar refractivity (Wildman–Crippen MR) is 47.5 cm³/mol. The van der Waals surface area contributed by atoms with Crippen LogP contribution in [0.2, 0.25) is 0 Å². The number of H-pyrrole nitrogens is 1. The average Bonchev–Trinajstić information content (AvgIpc) is 2.64. The molecule has 4 nitrogen and oxygen atoms in total. The molecule has 1 N–H and O–H groups in total. The number of hydrogen-bond acceptors (Lipinski definition) is 3. The van der Waals surface area contributed by atoms with Gasteiger partial charge in [-0.2, -0.15) is 13.2 Å². The first-order valence-corrected chi connectivity index (χ1v) is 4.30. The van der Waals surface area contributed by atoms with Crippen molar-refractivity contribution in [3.8, 4) is 11.5 Å². The summed E-state index contributed by atoms with van der Waals surface area (Å²) in [6.07, 6.45) is -4.82. The van der Waals surface area contributed by atoms with Gasteiger partial charge in [-0.15, -0.1) is 5.10 Å². The van der Waals surface area contributed by atoms with Crippen molar-refractivity contribution in [1.29, 1.82) is 0 Å². The molecule has 0 aliphatic heterocycles. The molecular formula is C9H4F4N2O2. The highest BCUT2D eigenvalue weighted by Crippen LogP contribution is 2.33. The van der Waals surface area contributed by atoms with Gasteiger partial charge in [-0.3, -0.25) is 0 Å². The Hall–Kier alpha value is -2.12. The van der Waals surface area contributed by atoms with Gasteiger partial charge in [0.15, 0.2) is 0 Å². The Morgan fingerprint density at radius 2 is 2.00 bits per heavy atom. The zero-order valence-corrected chi connectivity index (χ0v) is 8.01. The van der Waals surface area contributed by atoms with Gasteiger partial charge < -0.3 is 4.42 Å². The van der Waals surface area contributed by atoms with Crippen molar-refractivity contribution in [3.05, 3.63) is 40.1 Å². The molecule has 0 atom stereocenters. The van der Waals surface area contributed by atoms with Crippen LogP contribution in [-0.2, 0) is 6.18 Å².